The van der Waals surface area contributed by atoms with Gasteiger partial charge in [-0.05, 0) is 12.5 Å². The highest BCUT2D eigenvalue weighted by molar-refractivity contribution is 5.82. The largest absolute Gasteiger partial charge is 0.346 e. The monoisotopic (exact) mass is 204 g/mol. The average Bonchev–Trinajstić information content (AvgIpc) is 2.60. The molecule has 0 aliphatic heterocycles. The molecule has 0 saturated carbocycles. The number of hydrogen-bond acceptors (Lipinski definition) is 3. The van der Waals surface area contributed by atoms with Crippen molar-refractivity contribution < 1.29 is 0 Å². The Morgan fingerprint density at radius 1 is 1.40 bits per heavy atom. The second kappa shape index (κ2) is 3.62. The number of nitrogens with one attached hydrogen (secondary N) is 1. The molecule has 0 spiro atoms. The van der Waals surface area contributed by atoms with E-state index < -0.39 is 0 Å². The topological polar surface area (TPSA) is 67.6 Å². The Bertz CT molecular complexity index is 485. The molecule has 0 aromatic carbocycles. The summed E-state index contributed by atoms with van der Waals surface area (Å²) in [5, 5.41) is 1.07. The van der Waals surface area contributed by atoms with Gasteiger partial charge in [-0.2, -0.15) is 0 Å². The van der Waals surface area contributed by atoms with E-state index in [1.807, 2.05) is 13.1 Å². The number of hydrogen-bond donors (Lipinski definition) is 2. The van der Waals surface area contributed by atoms with E-state index >= 15 is 0 Å². The summed E-state index contributed by atoms with van der Waals surface area (Å²) in [6, 6.07) is 0. The normalized spacial score (nSPS) is 11.5. The summed E-state index contributed by atoms with van der Waals surface area (Å²) < 4.78 is 0. The third-order valence-corrected chi connectivity index (χ3v) is 2.55. The van der Waals surface area contributed by atoms with Crippen LogP contribution in [0.3, 0.4) is 0 Å². The molecule has 2 aromatic rings. The van der Waals surface area contributed by atoms with Crippen LogP contribution in [0, 0.1) is 6.92 Å². The van der Waals surface area contributed by atoms with Gasteiger partial charge < -0.3 is 10.7 Å². The smallest absolute Gasteiger partial charge is 0.141 e. The molecular formula is C11H16N4. The zero-order chi connectivity index (χ0) is 11.0. The van der Waals surface area contributed by atoms with Gasteiger partial charge >= 0.3 is 0 Å². The van der Waals surface area contributed by atoms with Crippen LogP contribution < -0.4 is 5.73 Å². The van der Waals surface area contributed by atoms with Crippen molar-refractivity contribution >= 4 is 11.0 Å². The molecule has 80 valence electrons. The van der Waals surface area contributed by atoms with Gasteiger partial charge in [-0.15, -0.1) is 0 Å². The minimum Gasteiger partial charge on any atom is -0.346 e. The number of fused-ring (bicyclic) bond motifs is 1. The van der Waals surface area contributed by atoms with E-state index in [-0.39, 0.29) is 0 Å². The minimum absolute atomic E-state index is 0.345. The van der Waals surface area contributed by atoms with E-state index in [4.69, 9.17) is 5.73 Å². The van der Waals surface area contributed by atoms with Crippen LogP contribution in [0.1, 0.15) is 36.8 Å². The number of aromatic nitrogens is 3. The van der Waals surface area contributed by atoms with Gasteiger partial charge in [0.2, 0.25) is 0 Å². The molecule has 4 nitrogen and oxygen atoms in total. The number of aromatic amines is 1. The number of nitrogens with two attached hydrogens (primary N) is 1. The molecular weight excluding hydrogens is 188 g/mol. The summed E-state index contributed by atoms with van der Waals surface area (Å²) in [4.78, 5) is 12.1. The van der Waals surface area contributed by atoms with Crippen LogP contribution in [-0.2, 0) is 6.54 Å². The summed E-state index contributed by atoms with van der Waals surface area (Å²) in [6.45, 7) is 6.70. The molecule has 0 amide bonds. The molecule has 0 saturated heterocycles. The maximum Gasteiger partial charge on any atom is 0.141 e. The lowest BCUT2D eigenvalue weighted by Gasteiger charge is -2.05. The molecule has 3 N–H and O–H groups in total. The summed E-state index contributed by atoms with van der Waals surface area (Å²) in [5.74, 6) is 1.23. The van der Waals surface area contributed by atoms with E-state index in [9.17, 15) is 0 Å². The quantitative estimate of drug-likeness (QED) is 0.784. The van der Waals surface area contributed by atoms with Crippen molar-refractivity contribution in [2.24, 2.45) is 5.73 Å². The molecule has 2 aromatic heterocycles. The molecule has 0 unspecified atom stereocenters. The molecule has 15 heavy (non-hydrogen) atoms. The van der Waals surface area contributed by atoms with Crippen molar-refractivity contribution in [1.82, 2.24) is 15.0 Å². The maximum absolute atomic E-state index is 5.65. The van der Waals surface area contributed by atoms with Crippen LogP contribution in [0.25, 0.3) is 11.0 Å². The highest BCUT2D eigenvalue weighted by atomic mass is 15.0. The van der Waals surface area contributed by atoms with Gasteiger partial charge in [0.05, 0.1) is 5.69 Å². The Kier molecular flexibility index (Phi) is 2.44. The van der Waals surface area contributed by atoms with E-state index in [0.717, 1.165) is 28.1 Å². The number of nitrogens with zero attached hydrogens (tertiary/aromatic N) is 2. The zero-order valence-electron chi connectivity index (χ0n) is 9.33. The molecule has 0 radical (unpaired) electrons. The Hall–Kier alpha value is -1.42. The molecule has 0 bridgehead atoms. The van der Waals surface area contributed by atoms with Crippen LogP contribution in [0.2, 0.25) is 0 Å². The first kappa shape index (κ1) is 10.1. The van der Waals surface area contributed by atoms with E-state index in [1.165, 1.54) is 0 Å². The number of rotatable bonds is 2. The van der Waals surface area contributed by atoms with Gasteiger partial charge in [-0.25, -0.2) is 9.97 Å². The lowest BCUT2D eigenvalue weighted by atomic mass is 10.1. The van der Waals surface area contributed by atoms with Crippen LogP contribution in [0.5, 0.6) is 0 Å². The highest BCUT2D eigenvalue weighted by Crippen LogP contribution is 2.21. The zero-order valence-corrected chi connectivity index (χ0v) is 9.33. The fourth-order valence-corrected chi connectivity index (χ4v) is 1.73. The van der Waals surface area contributed by atoms with Crippen LogP contribution in [-0.4, -0.2) is 15.0 Å². The van der Waals surface area contributed by atoms with Crippen LogP contribution in [0.4, 0.5) is 0 Å². The lowest BCUT2D eigenvalue weighted by Crippen LogP contribution is -2.01. The second-order valence-corrected chi connectivity index (χ2v) is 4.06. The van der Waals surface area contributed by atoms with Gasteiger partial charge in [-0.1, -0.05) is 13.8 Å². The van der Waals surface area contributed by atoms with Crippen molar-refractivity contribution in [2.75, 3.05) is 0 Å². The highest BCUT2D eigenvalue weighted by Gasteiger charge is 2.11. The van der Waals surface area contributed by atoms with Gasteiger partial charge in [0.15, 0.2) is 0 Å². The predicted octanol–water partition coefficient (Wildman–Crippen LogP) is 1.85. The molecule has 2 rings (SSSR count). The van der Waals surface area contributed by atoms with Crippen LogP contribution in [0.15, 0.2) is 6.20 Å². The Morgan fingerprint density at radius 3 is 2.73 bits per heavy atom. The first-order chi connectivity index (χ1) is 7.13. The van der Waals surface area contributed by atoms with E-state index in [1.54, 1.807) is 0 Å². The van der Waals surface area contributed by atoms with E-state index in [2.05, 4.69) is 28.8 Å². The Balaban J connectivity index is 2.69. The lowest BCUT2D eigenvalue weighted by molar-refractivity contribution is 0.775. The second-order valence-electron chi connectivity index (χ2n) is 4.06. The fraction of sp³-hybridized carbons (Fsp3) is 0.455. The summed E-state index contributed by atoms with van der Waals surface area (Å²) >= 11 is 0. The first-order valence-corrected chi connectivity index (χ1v) is 5.18. The molecule has 0 atom stereocenters. The number of aryl methyl sites for hydroxylation is 1. The van der Waals surface area contributed by atoms with Crippen molar-refractivity contribution in [3.8, 4) is 0 Å². The summed E-state index contributed by atoms with van der Waals surface area (Å²) in [6.07, 6.45) is 1.91. The van der Waals surface area contributed by atoms with E-state index in [0.29, 0.717) is 12.5 Å². The summed E-state index contributed by atoms with van der Waals surface area (Å²) in [5.41, 5.74) is 8.63. The summed E-state index contributed by atoms with van der Waals surface area (Å²) in [7, 11) is 0. The van der Waals surface area contributed by atoms with Crippen molar-refractivity contribution in [1.29, 1.82) is 0 Å². The Morgan fingerprint density at radius 2 is 2.13 bits per heavy atom. The van der Waals surface area contributed by atoms with Gasteiger partial charge in [0.25, 0.3) is 0 Å². The van der Waals surface area contributed by atoms with Crippen LogP contribution >= 0.6 is 0 Å². The number of H-pyrrole nitrogens is 1. The predicted molar refractivity (Wildman–Crippen MR) is 60.6 cm³/mol. The van der Waals surface area contributed by atoms with Gasteiger partial charge in [0, 0.05) is 24.0 Å². The molecule has 4 heteroatoms. The molecule has 0 aliphatic rings. The van der Waals surface area contributed by atoms with Crippen molar-refractivity contribution in [3.05, 3.63) is 23.3 Å². The SMILES string of the molecule is Cc1nc(C(C)C)nc2[nH]cc(CN)c12. The Labute approximate surface area is 88.9 Å². The molecule has 2 heterocycles. The van der Waals surface area contributed by atoms with Gasteiger partial charge in [-0.3, -0.25) is 0 Å². The fourth-order valence-electron chi connectivity index (χ4n) is 1.73. The average molecular weight is 204 g/mol. The van der Waals surface area contributed by atoms with Crippen molar-refractivity contribution in [2.45, 2.75) is 33.2 Å². The third kappa shape index (κ3) is 1.61. The standard InChI is InChI=1S/C11H16N4/c1-6(2)10-14-7(3)9-8(4-12)5-13-11(9)15-10/h5-6H,4,12H2,1-3H3,(H,13,14,15). The first-order valence-electron chi connectivity index (χ1n) is 5.18. The van der Waals surface area contributed by atoms with Gasteiger partial charge in [0.1, 0.15) is 11.5 Å². The maximum atomic E-state index is 5.65. The van der Waals surface area contributed by atoms with Crippen molar-refractivity contribution in [3.63, 3.8) is 0 Å². The molecule has 0 fully saturated rings. The third-order valence-electron chi connectivity index (χ3n) is 2.55. The molecule has 0 aliphatic carbocycles. The minimum atomic E-state index is 0.345.